The standard InChI is InChI=1S/C15H21N3O2/c1-15(2)10-13(19)17-11-4-3-5-12(14(11)20-15)18-8-6-16-7-9-18/h3-5,16H,6-10H2,1-2H3,(H,17,19). The number of hydrogen-bond acceptors (Lipinski definition) is 4. The molecule has 1 saturated heterocycles. The van der Waals surface area contributed by atoms with Gasteiger partial charge in [0.1, 0.15) is 5.60 Å². The van der Waals surface area contributed by atoms with Gasteiger partial charge in [-0.15, -0.1) is 0 Å². The van der Waals surface area contributed by atoms with Crippen LogP contribution in [0.15, 0.2) is 18.2 Å². The average Bonchev–Trinajstić information content (AvgIpc) is 2.52. The number of benzene rings is 1. The molecule has 108 valence electrons. The molecule has 2 aliphatic rings. The van der Waals surface area contributed by atoms with Crippen LogP contribution in [-0.2, 0) is 4.79 Å². The van der Waals surface area contributed by atoms with Gasteiger partial charge in [0.05, 0.1) is 17.8 Å². The van der Waals surface area contributed by atoms with E-state index in [1.165, 1.54) is 0 Å². The molecule has 0 spiro atoms. The van der Waals surface area contributed by atoms with E-state index < -0.39 is 5.60 Å². The fourth-order valence-corrected chi connectivity index (χ4v) is 2.78. The first-order valence-corrected chi connectivity index (χ1v) is 7.13. The van der Waals surface area contributed by atoms with Crippen LogP contribution in [-0.4, -0.2) is 37.7 Å². The Morgan fingerprint density at radius 3 is 2.75 bits per heavy atom. The Labute approximate surface area is 119 Å². The van der Waals surface area contributed by atoms with Crippen molar-refractivity contribution >= 4 is 17.3 Å². The number of piperazine rings is 1. The fourth-order valence-electron chi connectivity index (χ4n) is 2.78. The summed E-state index contributed by atoms with van der Waals surface area (Å²) >= 11 is 0. The van der Waals surface area contributed by atoms with Gasteiger partial charge < -0.3 is 20.3 Å². The normalized spacial score (nSPS) is 21.5. The molecule has 5 heteroatoms. The number of rotatable bonds is 1. The molecule has 2 N–H and O–H groups in total. The number of nitrogens with one attached hydrogen (secondary N) is 2. The molecule has 0 aromatic heterocycles. The van der Waals surface area contributed by atoms with Crippen molar-refractivity contribution in [2.75, 3.05) is 36.4 Å². The zero-order valence-corrected chi connectivity index (χ0v) is 12.0. The highest BCUT2D eigenvalue weighted by atomic mass is 16.5. The molecule has 0 saturated carbocycles. The molecule has 2 aliphatic heterocycles. The highest BCUT2D eigenvalue weighted by Gasteiger charge is 2.31. The summed E-state index contributed by atoms with van der Waals surface area (Å²) < 4.78 is 6.15. The number of carbonyl (C=O) groups is 1. The lowest BCUT2D eigenvalue weighted by molar-refractivity contribution is -0.118. The number of hydrogen-bond donors (Lipinski definition) is 2. The van der Waals surface area contributed by atoms with Gasteiger partial charge in [-0.25, -0.2) is 0 Å². The van der Waals surface area contributed by atoms with Crippen LogP contribution in [0.25, 0.3) is 0 Å². The lowest BCUT2D eigenvalue weighted by Crippen LogP contribution is -2.43. The maximum Gasteiger partial charge on any atom is 0.228 e. The van der Waals surface area contributed by atoms with Crippen molar-refractivity contribution in [2.24, 2.45) is 0 Å². The smallest absolute Gasteiger partial charge is 0.228 e. The van der Waals surface area contributed by atoms with Gasteiger partial charge in [-0.2, -0.15) is 0 Å². The molecule has 1 amide bonds. The number of ether oxygens (including phenoxy) is 1. The fraction of sp³-hybridized carbons (Fsp3) is 0.533. The van der Waals surface area contributed by atoms with Crippen LogP contribution in [0.3, 0.4) is 0 Å². The third kappa shape index (κ3) is 2.58. The predicted octanol–water partition coefficient (Wildman–Crippen LogP) is 1.60. The van der Waals surface area contributed by atoms with Gasteiger partial charge in [0.25, 0.3) is 0 Å². The van der Waals surface area contributed by atoms with Gasteiger partial charge in [0.15, 0.2) is 5.75 Å². The van der Waals surface area contributed by atoms with Gasteiger partial charge in [0.2, 0.25) is 5.91 Å². The van der Waals surface area contributed by atoms with Crippen molar-refractivity contribution in [2.45, 2.75) is 25.9 Å². The quantitative estimate of drug-likeness (QED) is 0.817. The van der Waals surface area contributed by atoms with Crippen LogP contribution >= 0.6 is 0 Å². The van der Waals surface area contributed by atoms with Crippen molar-refractivity contribution in [3.8, 4) is 5.75 Å². The van der Waals surface area contributed by atoms with E-state index in [1.807, 2.05) is 26.0 Å². The number of anilines is 2. The third-order valence-corrected chi connectivity index (χ3v) is 3.69. The molecule has 1 fully saturated rings. The summed E-state index contributed by atoms with van der Waals surface area (Å²) in [5.74, 6) is 0.802. The second kappa shape index (κ2) is 4.98. The van der Waals surface area contributed by atoms with Crippen LogP contribution < -0.4 is 20.3 Å². The molecule has 0 radical (unpaired) electrons. The Morgan fingerprint density at radius 1 is 1.25 bits per heavy atom. The minimum atomic E-state index is -0.487. The molecule has 2 heterocycles. The number of amides is 1. The molecule has 5 nitrogen and oxygen atoms in total. The van der Waals surface area contributed by atoms with Crippen molar-refractivity contribution in [3.63, 3.8) is 0 Å². The predicted molar refractivity (Wildman–Crippen MR) is 79.5 cm³/mol. The summed E-state index contributed by atoms with van der Waals surface area (Å²) in [6.07, 6.45) is 0.364. The van der Waals surface area contributed by atoms with Crippen molar-refractivity contribution in [1.82, 2.24) is 5.32 Å². The molecule has 0 atom stereocenters. The molecule has 0 unspecified atom stereocenters. The van der Waals surface area contributed by atoms with Crippen LogP contribution in [0.2, 0.25) is 0 Å². The largest absolute Gasteiger partial charge is 0.483 e. The third-order valence-electron chi connectivity index (χ3n) is 3.69. The Bertz CT molecular complexity index is 522. The summed E-state index contributed by atoms with van der Waals surface area (Å²) in [6, 6.07) is 5.94. The molecular formula is C15H21N3O2. The second-order valence-corrected chi connectivity index (χ2v) is 5.98. The topological polar surface area (TPSA) is 53.6 Å². The first-order valence-electron chi connectivity index (χ1n) is 7.13. The van der Waals surface area contributed by atoms with Gasteiger partial charge >= 0.3 is 0 Å². The zero-order valence-electron chi connectivity index (χ0n) is 12.0. The van der Waals surface area contributed by atoms with Crippen molar-refractivity contribution in [1.29, 1.82) is 0 Å². The highest BCUT2D eigenvalue weighted by molar-refractivity contribution is 5.95. The highest BCUT2D eigenvalue weighted by Crippen LogP contribution is 2.40. The maximum atomic E-state index is 11.9. The van der Waals surface area contributed by atoms with E-state index in [9.17, 15) is 4.79 Å². The lowest BCUT2D eigenvalue weighted by Gasteiger charge is -2.33. The zero-order chi connectivity index (χ0) is 14.2. The summed E-state index contributed by atoms with van der Waals surface area (Å²) in [5.41, 5.74) is 1.36. The van der Waals surface area contributed by atoms with Gasteiger partial charge in [-0.3, -0.25) is 4.79 Å². The van der Waals surface area contributed by atoms with Crippen LogP contribution in [0, 0.1) is 0 Å². The minimum absolute atomic E-state index is 0.00575. The van der Waals surface area contributed by atoms with Gasteiger partial charge in [0, 0.05) is 26.2 Å². The van der Waals surface area contributed by atoms with E-state index in [0.717, 1.165) is 43.3 Å². The van der Waals surface area contributed by atoms with Crippen LogP contribution in [0.4, 0.5) is 11.4 Å². The molecule has 0 aliphatic carbocycles. The number of fused-ring (bicyclic) bond motifs is 1. The van der Waals surface area contributed by atoms with Gasteiger partial charge in [-0.05, 0) is 26.0 Å². The Kier molecular flexibility index (Phi) is 3.30. The minimum Gasteiger partial charge on any atom is -0.483 e. The first-order chi connectivity index (χ1) is 9.55. The van der Waals surface area contributed by atoms with E-state index in [2.05, 4.69) is 21.6 Å². The molecule has 3 rings (SSSR count). The number of carbonyl (C=O) groups excluding carboxylic acids is 1. The van der Waals surface area contributed by atoms with E-state index in [1.54, 1.807) is 0 Å². The van der Waals surface area contributed by atoms with E-state index in [0.29, 0.717) is 6.42 Å². The Balaban J connectivity index is 2.01. The lowest BCUT2D eigenvalue weighted by atomic mass is 10.1. The first kappa shape index (κ1) is 13.2. The van der Waals surface area contributed by atoms with Crippen LogP contribution in [0.5, 0.6) is 5.75 Å². The summed E-state index contributed by atoms with van der Waals surface area (Å²) in [7, 11) is 0. The molecule has 1 aromatic rings. The molecule has 20 heavy (non-hydrogen) atoms. The average molecular weight is 275 g/mol. The second-order valence-electron chi connectivity index (χ2n) is 5.98. The Morgan fingerprint density at radius 2 is 2.00 bits per heavy atom. The number of para-hydroxylation sites is 1. The van der Waals surface area contributed by atoms with Crippen molar-refractivity contribution in [3.05, 3.63) is 18.2 Å². The van der Waals surface area contributed by atoms with E-state index >= 15 is 0 Å². The Hall–Kier alpha value is -1.75. The number of nitrogens with zero attached hydrogens (tertiary/aromatic N) is 1. The molecular weight excluding hydrogens is 254 g/mol. The summed E-state index contributed by atoms with van der Waals surface area (Å²) in [5, 5.41) is 6.30. The molecule has 1 aromatic carbocycles. The monoisotopic (exact) mass is 275 g/mol. The molecule has 0 bridgehead atoms. The van der Waals surface area contributed by atoms with E-state index in [4.69, 9.17) is 4.74 Å². The van der Waals surface area contributed by atoms with Crippen LogP contribution in [0.1, 0.15) is 20.3 Å². The van der Waals surface area contributed by atoms with Crippen molar-refractivity contribution < 1.29 is 9.53 Å². The van der Waals surface area contributed by atoms with Gasteiger partial charge in [-0.1, -0.05) is 6.07 Å². The summed E-state index contributed by atoms with van der Waals surface area (Å²) in [6.45, 7) is 7.76. The summed E-state index contributed by atoms with van der Waals surface area (Å²) in [4.78, 5) is 14.2. The van der Waals surface area contributed by atoms with E-state index in [-0.39, 0.29) is 5.91 Å². The maximum absolute atomic E-state index is 11.9. The SMILES string of the molecule is CC1(C)CC(=O)Nc2cccc(N3CCNCC3)c2O1.